The van der Waals surface area contributed by atoms with Gasteiger partial charge in [-0.25, -0.2) is 0 Å². The Balaban J connectivity index is 1.82. The van der Waals surface area contributed by atoms with Crippen molar-refractivity contribution in [3.8, 4) is 5.75 Å². The molecule has 0 aliphatic carbocycles. The first kappa shape index (κ1) is 19.3. The second-order valence-corrected chi connectivity index (χ2v) is 7.37. The lowest BCUT2D eigenvalue weighted by Gasteiger charge is -2.08. The molecule has 2 amide bonds. The molecular weight excluding hydrogens is 338 g/mol. The summed E-state index contributed by atoms with van der Waals surface area (Å²) in [6.45, 7) is 7.47. The van der Waals surface area contributed by atoms with Crippen molar-refractivity contribution < 1.29 is 14.3 Å². The molecule has 6 nitrogen and oxygen atoms in total. The third kappa shape index (κ3) is 6.42. The Morgan fingerprint density at radius 3 is 2.72 bits per heavy atom. The smallest absolute Gasteiger partial charge is 0.240 e. The van der Waals surface area contributed by atoms with Crippen LogP contribution < -0.4 is 15.4 Å². The highest BCUT2D eigenvalue weighted by atomic mass is 32.2. The molecule has 1 saturated heterocycles. The number of amidine groups is 1. The van der Waals surface area contributed by atoms with Gasteiger partial charge >= 0.3 is 0 Å². The minimum Gasteiger partial charge on any atom is -0.494 e. The van der Waals surface area contributed by atoms with Gasteiger partial charge in [0.25, 0.3) is 0 Å². The van der Waals surface area contributed by atoms with E-state index in [2.05, 4.69) is 29.5 Å². The third-order valence-corrected chi connectivity index (χ3v) is 4.68. The van der Waals surface area contributed by atoms with Gasteiger partial charge in [0.2, 0.25) is 11.8 Å². The first-order valence-corrected chi connectivity index (χ1v) is 9.40. The maximum absolute atomic E-state index is 12.2. The first-order chi connectivity index (χ1) is 12.0. The van der Waals surface area contributed by atoms with E-state index in [1.807, 2.05) is 6.92 Å². The number of aliphatic imine (C=N–C) groups is 1. The summed E-state index contributed by atoms with van der Waals surface area (Å²) in [5.41, 5.74) is 0.683. The maximum atomic E-state index is 12.2. The molecule has 1 aliphatic heterocycles. The van der Waals surface area contributed by atoms with E-state index in [1.165, 1.54) is 11.8 Å². The van der Waals surface area contributed by atoms with Crippen molar-refractivity contribution in [3.63, 3.8) is 0 Å². The van der Waals surface area contributed by atoms with Crippen LogP contribution in [0, 0.1) is 5.92 Å². The summed E-state index contributed by atoms with van der Waals surface area (Å²) in [6.07, 6.45) is 1.09. The summed E-state index contributed by atoms with van der Waals surface area (Å²) in [7, 11) is 0. The molecule has 1 heterocycles. The molecule has 25 heavy (non-hydrogen) atoms. The molecular formula is C18H25N3O3S. The molecule has 1 aromatic rings. The maximum Gasteiger partial charge on any atom is 0.240 e. The molecule has 2 rings (SSSR count). The second kappa shape index (κ2) is 9.46. The Bertz CT molecular complexity index is 629. The van der Waals surface area contributed by atoms with Crippen LogP contribution in [-0.4, -0.2) is 35.4 Å². The number of hydrogen-bond donors (Lipinski definition) is 2. The van der Waals surface area contributed by atoms with Crippen molar-refractivity contribution >= 4 is 34.4 Å². The number of benzene rings is 1. The average molecular weight is 363 g/mol. The van der Waals surface area contributed by atoms with Crippen molar-refractivity contribution in [1.29, 1.82) is 0 Å². The summed E-state index contributed by atoms with van der Waals surface area (Å²) in [4.78, 5) is 28.5. The van der Waals surface area contributed by atoms with Crippen LogP contribution in [0.25, 0.3) is 0 Å². The van der Waals surface area contributed by atoms with Crippen LogP contribution in [0.3, 0.4) is 0 Å². The number of thioether (sulfide) groups is 1. The molecule has 0 unspecified atom stereocenters. The molecule has 7 heteroatoms. The molecule has 1 aromatic carbocycles. The minimum absolute atomic E-state index is 0.118. The monoisotopic (exact) mass is 363 g/mol. The molecule has 1 aliphatic rings. The molecule has 0 aromatic heterocycles. The van der Waals surface area contributed by atoms with Gasteiger partial charge in [0.1, 0.15) is 11.0 Å². The highest BCUT2D eigenvalue weighted by Gasteiger charge is 2.31. The first-order valence-electron chi connectivity index (χ1n) is 8.52. The normalized spacial score (nSPS) is 18.5. The summed E-state index contributed by atoms with van der Waals surface area (Å²) in [6, 6.07) is 7.17. The predicted molar refractivity (Wildman–Crippen MR) is 102 cm³/mol. The lowest BCUT2D eigenvalue weighted by atomic mass is 10.1. The Morgan fingerprint density at radius 2 is 2.08 bits per heavy atom. The van der Waals surface area contributed by atoms with Gasteiger partial charge in [0.15, 0.2) is 5.17 Å². The quantitative estimate of drug-likeness (QED) is 0.744. The van der Waals surface area contributed by atoms with Crippen molar-refractivity contribution in [2.75, 3.05) is 18.5 Å². The van der Waals surface area contributed by atoms with Crippen LogP contribution in [0.4, 0.5) is 5.69 Å². The third-order valence-electron chi connectivity index (χ3n) is 3.56. The molecule has 0 radical (unpaired) electrons. The van der Waals surface area contributed by atoms with Crippen LogP contribution in [0.5, 0.6) is 5.75 Å². The van der Waals surface area contributed by atoms with E-state index in [4.69, 9.17) is 4.74 Å². The van der Waals surface area contributed by atoms with E-state index in [-0.39, 0.29) is 18.2 Å². The number of amides is 2. The average Bonchev–Trinajstić information content (AvgIpc) is 2.89. The highest BCUT2D eigenvalue weighted by molar-refractivity contribution is 8.15. The van der Waals surface area contributed by atoms with Crippen molar-refractivity contribution in [2.24, 2.45) is 10.9 Å². The number of nitrogens with one attached hydrogen (secondary N) is 2. The number of nitrogens with zero attached hydrogens (tertiary/aromatic N) is 1. The van der Waals surface area contributed by atoms with E-state index < -0.39 is 5.25 Å². The lowest BCUT2D eigenvalue weighted by molar-refractivity contribution is -0.122. The molecule has 1 fully saturated rings. The Morgan fingerprint density at radius 1 is 1.36 bits per heavy atom. The molecule has 0 bridgehead atoms. The van der Waals surface area contributed by atoms with Gasteiger partial charge in [-0.1, -0.05) is 25.6 Å². The van der Waals surface area contributed by atoms with Crippen LogP contribution in [-0.2, 0) is 9.59 Å². The van der Waals surface area contributed by atoms with Gasteiger partial charge in [-0.05, 0) is 43.5 Å². The summed E-state index contributed by atoms with van der Waals surface area (Å²) >= 11 is 1.33. The summed E-state index contributed by atoms with van der Waals surface area (Å²) in [5.74, 6) is 0.978. The number of rotatable bonds is 8. The minimum atomic E-state index is -0.430. The van der Waals surface area contributed by atoms with Gasteiger partial charge in [-0.2, -0.15) is 0 Å². The Kier molecular flexibility index (Phi) is 7.31. The van der Waals surface area contributed by atoms with Crippen molar-refractivity contribution in [1.82, 2.24) is 5.32 Å². The SMILES string of the molecule is CCOc1ccc(NC(=O)C[C@H]2SC(=NCCC(C)C)NC2=O)cc1. The number of anilines is 1. The highest BCUT2D eigenvalue weighted by Crippen LogP contribution is 2.23. The van der Waals surface area contributed by atoms with E-state index in [1.54, 1.807) is 24.3 Å². The van der Waals surface area contributed by atoms with E-state index in [0.717, 1.165) is 12.2 Å². The van der Waals surface area contributed by atoms with Crippen LogP contribution >= 0.6 is 11.8 Å². The standard InChI is InChI=1S/C18H25N3O3S/c1-4-24-14-7-5-13(6-8-14)20-16(22)11-15-17(23)21-18(25-15)19-10-9-12(2)3/h5-8,12,15H,4,9-11H2,1-3H3,(H,20,22)(H,19,21,23)/t15-/m1/s1. The van der Waals surface area contributed by atoms with Gasteiger partial charge in [0, 0.05) is 18.7 Å². The van der Waals surface area contributed by atoms with Crippen LogP contribution in [0.1, 0.15) is 33.6 Å². The predicted octanol–water partition coefficient (Wildman–Crippen LogP) is 3.05. The fourth-order valence-electron chi connectivity index (χ4n) is 2.22. The Labute approximate surface area is 152 Å². The molecule has 0 spiro atoms. The zero-order valence-electron chi connectivity index (χ0n) is 14.9. The lowest BCUT2D eigenvalue weighted by Crippen LogP contribution is -2.28. The van der Waals surface area contributed by atoms with Crippen LogP contribution in [0.2, 0.25) is 0 Å². The summed E-state index contributed by atoms with van der Waals surface area (Å²) < 4.78 is 5.36. The van der Waals surface area contributed by atoms with Gasteiger partial charge in [-0.3, -0.25) is 14.6 Å². The van der Waals surface area contributed by atoms with Crippen molar-refractivity contribution in [3.05, 3.63) is 24.3 Å². The van der Waals surface area contributed by atoms with Gasteiger partial charge in [-0.15, -0.1) is 0 Å². The number of carbonyl (C=O) groups is 2. The van der Waals surface area contributed by atoms with E-state index in [0.29, 0.717) is 29.9 Å². The molecule has 2 N–H and O–H groups in total. The largest absolute Gasteiger partial charge is 0.494 e. The Hall–Kier alpha value is -2.02. The number of carbonyl (C=O) groups excluding carboxylic acids is 2. The second-order valence-electron chi connectivity index (χ2n) is 6.17. The number of ether oxygens (including phenoxy) is 1. The zero-order chi connectivity index (χ0) is 18.2. The fourth-order valence-corrected chi connectivity index (χ4v) is 3.22. The van der Waals surface area contributed by atoms with Crippen LogP contribution in [0.15, 0.2) is 29.3 Å². The van der Waals surface area contributed by atoms with Gasteiger partial charge < -0.3 is 15.4 Å². The fraction of sp³-hybridized carbons (Fsp3) is 0.500. The molecule has 0 saturated carbocycles. The summed E-state index contributed by atoms with van der Waals surface area (Å²) in [5, 5.41) is 5.74. The molecule has 1 atom stereocenters. The van der Waals surface area contributed by atoms with E-state index in [9.17, 15) is 9.59 Å². The number of hydrogen-bond acceptors (Lipinski definition) is 5. The zero-order valence-corrected chi connectivity index (χ0v) is 15.7. The molecule has 136 valence electrons. The topological polar surface area (TPSA) is 79.8 Å². The van der Waals surface area contributed by atoms with Crippen molar-refractivity contribution in [2.45, 2.75) is 38.9 Å². The van der Waals surface area contributed by atoms with E-state index >= 15 is 0 Å². The van der Waals surface area contributed by atoms with Gasteiger partial charge in [0.05, 0.1) is 6.61 Å².